The molecule has 0 aliphatic heterocycles. The molecule has 18 heavy (non-hydrogen) atoms. The van der Waals surface area contributed by atoms with Gasteiger partial charge in [-0.3, -0.25) is 4.68 Å². The molecular formula is C14H25N3O. The lowest BCUT2D eigenvalue weighted by molar-refractivity contribution is 0.219. The Balaban J connectivity index is 2.27. The molecule has 4 nitrogen and oxygen atoms in total. The minimum atomic E-state index is 0.396. The molecule has 1 unspecified atom stereocenters. The van der Waals surface area contributed by atoms with Crippen LogP contribution in [0, 0.1) is 5.92 Å². The molecule has 0 radical (unpaired) electrons. The van der Waals surface area contributed by atoms with Crippen molar-refractivity contribution in [1.29, 1.82) is 0 Å². The highest BCUT2D eigenvalue weighted by Gasteiger charge is 2.32. The van der Waals surface area contributed by atoms with Crippen LogP contribution in [0.4, 0.5) is 0 Å². The Hall–Kier alpha value is -1.03. The SMILES string of the molecule is CCCn1ncc(OC)c1C(NCC)C1CCC1. The number of ether oxygens (including phenoxy) is 1. The van der Waals surface area contributed by atoms with E-state index < -0.39 is 0 Å². The summed E-state index contributed by atoms with van der Waals surface area (Å²) in [5, 5.41) is 8.09. The molecule has 4 heteroatoms. The zero-order valence-electron chi connectivity index (χ0n) is 11.8. The molecule has 0 saturated heterocycles. The van der Waals surface area contributed by atoms with Crippen molar-refractivity contribution in [1.82, 2.24) is 15.1 Å². The van der Waals surface area contributed by atoms with Crippen LogP contribution in [0.25, 0.3) is 0 Å². The largest absolute Gasteiger partial charge is 0.493 e. The molecule has 1 aliphatic carbocycles. The first-order valence-electron chi connectivity index (χ1n) is 7.14. The van der Waals surface area contributed by atoms with Gasteiger partial charge in [0.25, 0.3) is 0 Å². The first-order valence-corrected chi connectivity index (χ1v) is 7.14. The van der Waals surface area contributed by atoms with Gasteiger partial charge in [0.1, 0.15) is 0 Å². The zero-order valence-corrected chi connectivity index (χ0v) is 11.8. The Labute approximate surface area is 110 Å². The van der Waals surface area contributed by atoms with Gasteiger partial charge in [-0.05, 0) is 31.7 Å². The summed E-state index contributed by atoms with van der Waals surface area (Å²) in [5.41, 5.74) is 1.24. The normalized spacial score (nSPS) is 17.5. The van der Waals surface area contributed by atoms with Crippen LogP contribution < -0.4 is 10.1 Å². The van der Waals surface area contributed by atoms with Crippen LogP contribution in [0.1, 0.15) is 51.3 Å². The molecule has 1 saturated carbocycles. The van der Waals surface area contributed by atoms with Gasteiger partial charge in [0.2, 0.25) is 0 Å². The quantitative estimate of drug-likeness (QED) is 0.810. The van der Waals surface area contributed by atoms with Crippen LogP contribution in [0.3, 0.4) is 0 Å². The second-order valence-corrected chi connectivity index (χ2v) is 5.05. The van der Waals surface area contributed by atoms with E-state index in [1.54, 1.807) is 7.11 Å². The van der Waals surface area contributed by atoms with Crippen LogP contribution >= 0.6 is 0 Å². The lowest BCUT2D eigenvalue weighted by atomic mass is 9.78. The number of aromatic nitrogens is 2. The Morgan fingerprint density at radius 2 is 2.28 bits per heavy atom. The Kier molecular flexibility index (Phi) is 4.64. The molecule has 0 spiro atoms. The van der Waals surface area contributed by atoms with E-state index in [0.29, 0.717) is 6.04 Å². The summed E-state index contributed by atoms with van der Waals surface area (Å²) in [7, 11) is 1.74. The highest BCUT2D eigenvalue weighted by atomic mass is 16.5. The van der Waals surface area contributed by atoms with Gasteiger partial charge in [-0.1, -0.05) is 20.3 Å². The van der Waals surface area contributed by atoms with E-state index in [2.05, 4.69) is 28.9 Å². The fraction of sp³-hybridized carbons (Fsp3) is 0.786. The van der Waals surface area contributed by atoms with E-state index in [0.717, 1.165) is 31.2 Å². The predicted molar refractivity (Wildman–Crippen MR) is 72.8 cm³/mol. The van der Waals surface area contributed by atoms with Crippen molar-refractivity contribution in [2.45, 2.75) is 52.1 Å². The molecular weight excluding hydrogens is 226 g/mol. The maximum Gasteiger partial charge on any atom is 0.161 e. The molecule has 2 rings (SSSR count). The topological polar surface area (TPSA) is 39.1 Å². The van der Waals surface area contributed by atoms with Gasteiger partial charge >= 0.3 is 0 Å². The standard InChI is InChI=1S/C14H25N3O/c1-4-9-17-14(12(18-3)10-16-17)13(15-5-2)11-7-6-8-11/h10-11,13,15H,4-9H2,1-3H3. The molecule has 1 aliphatic rings. The number of methoxy groups -OCH3 is 1. The maximum absolute atomic E-state index is 5.50. The first kappa shape index (κ1) is 13.4. The highest BCUT2D eigenvalue weighted by Crippen LogP contribution is 2.40. The van der Waals surface area contributed by atoms with Crippen LogP contribution in [0.15, 0.2) is 6.20 Å². The summed E-state index contributed by atoms with van der Waals surface area (Å²) < 4.78 is 7.61. The van der Waals surface area contributed by atoms with Gasteiger partial charge in [-0.2, -0.15) is 5.10 Å². The van der Waals surface area contributed by atoms with Crippen LogP contribution in [-0.4, -0.2) is 23.4 Å². The Bertz CT molecular complexity index is 371. The lowest BCUT2D eigenvalue weighted by Crippen LogP contribution is -2.34. The molecule has 0 aromatic carbocycles. The molecule has 102 valence electrons. The summed E-state index contributed by atoms with van der Waals surface area (Å²) in [6.07, 6.45) is 6.95. The molecule has 1 heterocycles. The Morgan fingerprint density at radius 1 is 1.50 bits per heavy atom. The van der Waals surface area contributed by atoms with Crippen molar-refractivity contribution >= 4 is 0 Å². The van der Waals surface area contributed by atoms with Crippen molar-refractivity contribution in [2.75, 3.05) is 13.7 Å². The molecule has 0 bridgehead atoms. The first-order chi connectivity index (χ1) is 8.81. The summed E-state index contributed by atoms with van der Waals surface area (Å²) in [6, 6.07) is 0.396. The van der Waals surface area contributed by atoms with Crippen molar-refractivity contribution in [2.24, 2.45) is 5.92 Å². The molecule has 1 aromatic rings. The fourth-order valence-electron chi connectivity index (χ4n) is 2.72. The number of hydrogen-bond acceptors (Lipinski definition) is 3. The molecule has 1 N–H and O–H groups in total. The fourth-order valence-corrected chi connectivity index (χ4v) is 2.72. The predicted octanol–water partition coefficient (Wildman–Crippen LogP) is 2.75. The van der Waals surface area contributed by atoms with E-state index in [-0.39, 0.29) is 0 Å². The third-order valence-electron chi connectivity index (χ3n) is 3.84. The second kappa shape index (κ2) is 6.23. The van der Waals surface area contributed by atoms with E-state index >= 15 is 0 Å². The molecule has 1 fully saturated rings. The van der Waals surface area contributed by atoms with Gasteiger partial charge in [0.05, 0.1) is 25.0 Å². The minimum Gasteiger partial charge on any atom is -0.493 e. The zero-order chi connectivity index (χ0) is 13.0. The van der Waals surface area contributed by atoms with Gasteiger partial charge in [0.15, 0.2) is 5.75 Å². The third-order valence-corrected chi connectivity index (χ3v) is 3.84. The van der Waals surface area contributed by atoms with Crippen LogP contribution in [-0.2, 0) is 6.54 Å². The Morgan fingerprint density at radius 3 is 2.78 bits per heavy atom. The van der Waals surface area contributed by atoms with Crippen molar-refractivity contribution < 1.29 is 4.74 Å². The monoisotopic (exact) mass is 251 g/mol. The highest BCUT2D eigenvalue weighted by molar-refractivity contribution is 5.29. The summed E-state index contributed by atoms with van der Waals surface area (Å²) in [5.74, 6) is 1.67. The van der Waals surface area contributed by atoms with Gasteiger partial charge in [-0.15, -0.1) is 0 Å². The van der Waals surface area contributed by atoms with Gasteiger partial charge in [-0.25, -0.2) is 0 Å². The van der Waals surface area contributed by atoms with E-state index in [9.17, 15) is 0 Å². The molecule has 1 aromatic heterocycles. The smallest absolute Gasteiger partial charge is 0.161 e. The van der Waals surface area contributed by atoms with Crippen LogP contribution in [0.2, 0.25) is 0 Å². The van der Waals surface area contributed by atoms with Gasteiger partial charge in [0, 0.05) is 6.54 Å². The van der Waals surface area contributed by atoms with E-state index in [1.807, 2.05) is 6.20 Å². The van der Waals surface area contributed by atoms with Crippen molar-refractivity contribution in [3.05, 3.63) is 11.9 Å². The maximum atomic E-state index is 5.50. The second-order valence-electron chi connectivity index (χ2n) is 5.05. The number of hydrogen-bond donors (Lipinski definition) is 1. The molecule has 0 amide bonds. The lowest BCUT2D eigenvalue weighted by Gasteiger charge is -2.34. The minimum absolute atomic E-state index is 0.396. The third kappa shape index (κ3) is 2.53. The van der Waals surface area contributed by atoms with Crippen molar-refractivity contribution in [3.63, 3.8) is 0 Å². The van der Waals surface area contributed by atoms with Crippen molar-refractivity contribution in [3.8, 4) is 5.75 Å². The van der Waals surface area contributed by atoms with E-state index in [1.165, 1.54) is 25.0 Å². The average Bonchev–Trinajstić information content (AvgIpc) is 2.69. The number of nitrogens with one attached hydrogen (secondary N) is 1. The van der Waals surface area contributed by atoms with Gasteiger partial charge < -0.3 is 10.1 Å². The number of nitrogens with zero attached hydrogens (tertiary/aromatic N) is 2. The average molecular weight is 251 g/mol. The number of rotatable bonds is 7. The summed E-state index contributed by atoms with van der Waals surface area (Å²) in [6.45, 7) is 6.30. The molecule has 1 atom stereocenters. The summed E-state index contributed by atoms with van der Waals surface area (Å²) >= 11 is 0. The summed E-state index contributed by atoms with van der Waals surface area (Å²) in [4.78, 5) is 0. The van der Waals surface area contributed by atoms with E-state index in [4.69, 9.17) is 4.74 Å². The number of aryl methyl sites for hydroxylation is 1. The van der Waals surface area contributed by atoms with Crippen LogP contribution in [0.5, 0.6) is 5.75 Å².